The fraction of sp³-hybridized carbons (Fsp3) is 0.167. The first-order valence-corrected chi connectivity index (χ1v) is 10.2. The molecule has 152 valence electrons. The number of hydrogen-bond acceptors (Lipinski definition) is 5. The number of nitrogens with zero attached hydrogens (tertiary/aromatic N) is 2. The number of carboxylic acid groups (broad SMARTS) is 1. The molecular formula is C18H15F2N3O5S. The van der Waals surface area contributed by atoms with E-state index in [0.29, 0.717) is 4.57 Å². The molecule has 3 rings (SSSR count). The van der Waals surface area contributed by atoms with Gasteiger partial charge < -0.3 is 10.4 Å². The second kappa shape index (κ2) is 7.59. The molecule has 0 fully saturated rings. The molecule has 3 aromatic rings. The molecule has 0 atom stereocenters. The normalized spacial score (nSPS) is 11.6. The molecule has 0 radical (unpaired) electrons. The number of halogens is 2. The number of nitrogens with one attached hydrogen (secondary N) is 1. The van der Waals surface area contributed by atoms with Gasteiger partial charge in [0.05, 0.1) is 15.8 Å². The molecule has 0 aliphatic heterocycles. The lowest BCUT2D eigenvalue weighted by atomic mass is 10.2. The number of fused-ring (bicyclic) bond motifs is 1. The van der Waals surface area contributed by atoms with Gasteiger partial charge in [-0.2, -0.15) is 0 Å². The first-order valence-electron chi connectivity index (χ1n) is 8.27. The largest absolute Gasteiger partial charge is 0.465 e. The van der Waals surface area contributed by atoms with Crippen molar-refractivity contribution < 1.29 is 27.1 Å². The Morgan fingerprint density at radius 1 is 1.17 bits per heavy atom. The maximum absolute atomic E-state index is 14.4. The summed E-state index contributed by atoms with van der Waals surface area (Å²) in [5.41, 5.74) is -1.69. The summed E-state index contributed by atoms with van der Waals surface area (Å²) in [7, 11) is -3.84. The lowest BCUT2D eigenvalue weighted by Gasteiger charge is -2.16. The van der Waals surface area contributed by atoms with E-state index in [-0.39, 0.29) is 34.6 Å². The van der Waals surface area contributed by atoms with Crippen molar-refractivity contribution >= 4 is 26.8 Å². The van der Waals surface area contributed by atoms with Gasteiger partial charge in [0.15, 0.2) is 9.84 Å². The van der Waals surface area contributed by atoms with Crippen LogP contribution in [0.25, 0.3) is 16.6 Å². The van der Waals surface area contributed by atoms with Crippen molar-refractivity contribution in [3.63, 3.8) is 0 Å². The van der Waals surface area contributed by atoms with Gasteiger partial charge in [-0.1, -0.05) is 12.1 Å². The van der Waals surface area contributed by atoms with Crippen LogP contribution in [0.5, 0.6) is 0 Å². The molecular weight excluding hydrogens is 408 g/mol. The Labute approximate surface area is 163 Å². The highest BCUT2D eigenvalue weighted by Crippen LogP contribution is 2.23. The maximum atomic E-state index is 14.4. The van der Waals surface area contributed by atoms with Gasteiger partial charge in [-0.3, -0.25) is 9.36 Å². The van der Waals surface area contributed by atoms with Crippen molar-refractivity contribution in [3.8, 4) is 5.69 Å². The van der Waals surface area contributed by atoms with Crippen LogP contribution in [0.2, 0.25) is 0 Å². The van der Waals surface area contributed by atoms with Crippen LogP contribution < -0.4 is 10.9 Å². The molecule has 0 saturated heterocycles. The number of rotatable bonds is 5. The quantitative estimate of drug-likeness (QED) is 0.647. The molecule has 8 nitrogen and oxygen atoms in total. The molecule has 11 heteroatoms. The Morgan fingerprint density at radius 3 is 2.38 bits per heavy atom. The average molecular weight is 423 g/mol. The lowest BCUT2D eigenvalue weighted by molar-refractivity contribution is 0.194. The number of carbonyl (C=O) groups is 1. The molecule has 29 heavy (non-hydrogen) atoms. The summed E-state index contributed by atoms with van der Waals surface area (Å²) in [5, 5.41) is 10.5. The zero-order valence-electron chi connectivity index (χ0n) is 15.0. The standard InChI is InChI=1S/C18H15F2N3O5S/c1-29(27,28)13-7-3-6-12-15(13)17(24)23(14(22-12)8-9-21-18(25)26)16-10(19)4-2-5-11(16)20/h2-7,21H,8-9H2,1H3,(H,25,26). The van der Waals surface area contributed by atoms with Crippen molar-refractivity contribution in [3.05, 3.63) is 64.2 Å². The fourth-order valence-electron chi connectivity index (χ4n) is 2.94. The first kappa shape index (κ1) is 20.4. The minimum Gasteiger partial charge on any atom is -0.465 e. The van der Waals surface area contributed by atoms with E-state index in [1.165, 1.54) is 18.2 Å². The fourth-order valence-corrected chi connectivity index (χ4v) is 3.83. The third-order valence-electron chi connectivity index (χ3n) is 4.11. The summed E-state index contributed by atoms with van der Waals surface area (Å²) in [5.74, 6) is -2.25. The molecule has 0 aliphatic rings. The van der Waals surface area contributed by atoms with Crippen LogP contribution in [-0.2, 0) is 16.3 Å². The van der Waals surface area contributed by atoms with Gasteiger partial charge >= 0.3 is 6.09 Å². The van der Waals surface area contributed by atoms with E-state index in [1.807, 2.05) is 0 Å². The summed E-state index contributed by atoms with van der Waals surface area (Å²) in [6.45, 7) is -0.185. The van der Waals surface area contributed by atoms with E-state index in [9.17, 15) is 26.8 Å². The summed E-state index contributed by atoms with van der Waals surface area (Å²) in [6, 6.07) is 6.98. The zero-order chi connectivity index (χ0) is 21.3. The molecule has 0 saturated carbocycles. The average Bonchev–Trinajstić information content (AvgIpc) is 2.62. The van der Waals surface area contributed by atoms with Gasteiger partial charge in [0.25, 0.3) is 5.56 Å². The molecule has 0 bridgehead atoms. The molecule has 1 heterocycles. The molecule has 2 aromatic carbocycles. The smallest absolute Gasteiger partial charge is 0.404 e. The highest BCUT2D eigenvalue weighted by atomic mass is 32.2. The third kappa shape index (κ3) is 3.94. The van der Waals surface area contributed by atoms with Gasteiger partial charge in [-0.25, -0.2) is 27.0 Å². The van der Waals surface area contributed by atoms with Gasteiger partial charge in [0.1, 0.15) is 23.1 Å². The van der Waals surface area contributed by atoms with Crippen LogP contribution in [0.3, 0.4) is 0 Å². The molecule has 1 amide bonds. The molecule has 0 spiro atoms. The molecule has 2 N–H and O–H groups in total. The second-order valence-corrected chi connectivity index (χ2v) is 8.13. The van der Waals surface area contributed by atoms with Gasteiger partial charge in [-0.05, 0) is 24.3 Å². The number of amides is 1. The van der Waals surface area contributed by atoms with Gasteiger partial charge in [0, 0.05) is 19.2 Å². The number of aromatic nitrogens is 2. The summed E-state index contributed by atoms with van der Waals surface area (Å²) >= 11 is 0. The molecule has 0 aliphatic carbocycles. The van der Waals surface area contributed by atoms with Crippen molar-refractivity contribution in [2.45, 2.75) is 11.3 Å². The van der Waals surface area contributed by atoms with Crippen molar-refractivity contribution in [1.29, 1.82) is 0 Å². The van der Waals surface area contributed by atoms with Crippen LogP contribution in [0.1, 0.15) is 5.82 Å². The van der Waals surface area contributed by atoms with Crippen LogP contribution in [-0.4, -0.2) is 42.0 Å². The Morgan fingerprint density at radius 2 is 1.79 bits per heavy atom. The van der Waals surface area contributed by atoms with E-state index in [0.717, 1.165) is 24.5 Å². The van der Waals surface area contributed by atoms with Crippen LogP contribution in [0, 0.1) is 11.6 Å². The molecule has 0 unspecified atom stereocenters. The Hall–Kier alpha value is -3.34. The Bertz CT molecular complexity index is 1270. The monoisotopic (exact) mass is 423 g/mol. The first-order chi connectivity index (χ1) is 13.6. The minimum absolute atomic E-state index is 0.0104. The van der Waals surface area contributed by atoms with Crippen molar-refractivity contribution in [1.82, 2.24) is 14.9 Å². The molecule has 1 aromatic heterocycles. The van der Waals surface area contributed by atoms with E-state index in [2.05, 4.69) is 10.3 Å². The number of hydrogen-bond donors (Lipinski definition) is 2. The summed E-state index contributed by atoms with van der Waals surface area (Å²) in [6.07, 6.45) is -0.593. The predicted octanol–water partition coefficient (Wildman–Crippen LogP) is 1.88. The highest BCUT2D eigenvalue weighted by Gasteiger charge is 2.23. The van der Waals surface area contributed by atoms with Crippen molar-refractivity contribution in [2.75, 3.05) is 12.8 Å². The number of para-hydroxylation sites is 1. The van der Waals surface area contributed by atoms with E-state index >= 15 is 0 Å². The highest BCUT2D eigenvalue weighted by molar-refractivity contribution is 7.91. The van der Waals surface area contributed by atoms with Crippen molar-refractivity contribution in [2.24, 2.45) is 0 Å². The van der Waals surface area contributed by atoms with E-state index < -0.39 is 38.8 Å². The lowest BCUT2D eigenvalue weighted by Crippen LogP contribution is -2.30. The Balaban J connectivity index is 2.40. The number of sulfone groups is 1. The van der Waals surface area contributed by atoms with E-state index in [1.54, 1.807) is 0 Å². The van der Waals surface area contributed by atoms with Gasteiger partial charge in [-0.15, -0.1) is 0 Å². The Kier molecular flexibility index (Phi) is 5.33. The third-order valence-corrected chi connectivity index (χ3v) is 5.25. The van der Waals surface area contributed by atoms with E-state index in [4.69, 9.17) is 5.11 Å². The van der Waals surface area contributed by atoms with Gasteiger partial charge in [0.2, 0.25) is 0 Å². The minimum atomic E-state index is -3.84. The number of benzene rings is 2. The van der Waals surface area contributed by atoms with Crippen LogP contribution in [0.4, 0.5) is 13.6 Å². The van der Waals surface area contributed by atoms with Crippen LogP contribution >= 0.6 is 0 Å². The second-order valence-electron chi connectivity index (χ2n) is 6.14. The maximum Gasteiger partial charge on any atom is 0.404 e. The van der Waals surface area contributed by atoms with Crippen LogP contribution in [0.15, 0.2) is 46.1 Å². The predicted molar refractivity (Wildman–Crippen MR) is 100 cm³/mol. The summed E-state index contributed by atoms with van der Waals surface area (Å²) in [4.78, 5) is 27.8. The SMILES string of the molecule is CS(=O)(=O)c1cccc2nc(CCNC(=O)O)n(-c3c(F)cccc3F)c(=O)c12. The summed E-state index contributed by atoms with van der Waals surface area (Å²) < 4.78 is 53.7. The zero-order valence-corrected chi connectivity index (χ0v) is 15.8. The topological polar surface area (TPSA) is 118 Å².